The number of carbonyl (C=O) groups is 4. The molecule has 2 amide bonds. The van der Waals surface area contributed by atoms with Crippen molar-refractivity contribution in [3.8, 4) is 0 Å². The molecule has 0 saturated carbocycles. The van der Waals surface area contributed by atoms with Crippen LogP contribution in [-0.2, 0) is 19.2 Å². The molecule has 0 spiro atoms. The van der Waals surface area contributed by atoms with Crippen molar-refractivity contribution < 1.29 is 29.4 Å². The van der Waals surface area contributed by atoms with Gasteiger partial charge in [-0.25, -0.2) is 4.79 Å². The lowest BCUT2D eigenvalue weighted by atomic mass is 10.1. The molecule has 0 aromatic carbocycles. The van der Waals surface area contributed by atoms with Crippen LogP contribution >= 0.6 is 0 Å². The van der Waals surface area contributed by atoms with Crippen LogP contribution in [0.4, 0.5) is 0 Å². The minimum absolute atomic E-state index is 0.0942. The number of nitrogens with zero attached hydrogens (tertiary/aromatic N) is 1. The lowest BCUT2D eigenvalue weighted by molar-refractivity contribution is -0.141. The van der Waals surface area contributed by atoms with Crippen LogP contribution in [0.2, 0.25) is 0 Å². The number of nitrogens with one attached hydrogen (secondary N) is 2. The van der Waals surface area contributed by atoms with E-state index in [9.17, 15) is 19.2 Å². The topological polar surface area (TPSA) is 197 Å². The summed E-state index contributed by atoms with van der Waals surface area (Å²) in [5.74, 6) is -4.18. The number of guanidine groups is 1. The van der Waals surface area contributed by atoms with Gasteiger partial charge in [-0.05, 0) is 12.8 Å². The number of amides is 2. The summed E-state index contributed by atoms with van der Waals surface area (Å²) in [7, 11) is 0. The van der Waals surface area contributed by atoms with Crippen LogP contribution < -0.4 is 22.1 Å². The first-order valence-corrected chi connectivity index (χ1v) is 6.48. The molecule has 0 fully saturated rings. The Morgan fingerprint density at radius 2 is 1.70 bits per heavy atom. The number of aliphatic imine (C=N–C) groups is 1. The Morgan fingerprint density at radius 3 is 2.22 bits per heavy atom. The summed E-state index contributed by atoms with van der Waals surface area (Å²) in [5, 5.41) is 21.5. The third-order valence-electron chi connectivity index (χ3n) is 2.36. The highest BCUT2D eigenvalue weighted by Crippen LogP contribution is 1.98. The van der Waals surface area contributed by atoms with E-state index in [1.54, 1.807) is 0 Å². The number of carbonyl (C=O) groups excluding carboxylic acids is 2. The Kier molecular flexibility index (Phi) is 9.16. The first kappa shape index (κ1) is 19.9. The SMILES string of the molecule is NC(N)=NCCCC(NC(=O)/C=C\C(=O)NCC(=O)O)C(=O)O. The lowest BCUT2D eigenvalue weighted by Gasteiger charge is -2.12. The molecular weight excluding hydrogens is 310 g/mol. The minimum Gasteiger partial charge on any atom is -0.480 e. The van der Waals surface area contributed by atoms with Gasteiger partial charge in [-0.1, -0.05) is 0 Å². The molecule has 0 aliphatic carbocycles. The second kappa shape index (κ2) is 10.6. The number of carboxylic acid groups (broad SMARTS) is 2. The first-order chi connectivity index (χ1) is 10.7. The Bertz CT molecular complexity index is 512. The van der Waals surface area contributed by atoms with Gasteiger partial charge in [0.15, 0.2) is 5.96 Å². The quantitative estimate of drug-likeness (QED) is 0.108. The van der Waals surface area contributed by atoms with Crippen LogP contribution in [-0.4, -0.2) is 59.1 Å². The summed E-state index contributed by atoms with van der Waals surface area (Å²) in [5.41, 5.74) is 10.2. The second-order valence-electron chi connectivity index (χ2n) is 4.29. The number of hydrogen-bond donors (Lipinski definition) is 6. The van der Waals surface area contributed by atoms with E-state index < -0.39 is 36.3 Å². The standard InChI is InChI=1S/C12H19N5O6/c13-12(14)15-5-1-2-7(11(22)23)17-9(19)4-3-8(18)16-6-10(20)21/h3-4,7H,1-2,5-6H2,(H,16,18)(H,17,19)(H,20,21)(H,22,23)(H4,13,14,15)/b4-3-. The summed E-state index contributed by atoms with van der Waals surface area (Å²) >= 11 is 0. The second-order valence-corrected chi connectivity index (χ2v) is 4.29. The van der Waals surface area contributed by atoms with Crippen molar-refractivity contribution in [1.29, 1.82) is 0 Å². The molecule has 8 N–H and O–H groups in total. The molecule has 11 heteroatoms. The first-order valence-electron chi connectivity index (χ1n) is 6.48. The largest absolute Gasteiger partial charge is 0.480 e. The predicted octanol–water partition coefficient (Wildman–Crippen LogP) is -2.63. The summed E-state index contributed by atoms with van der Waals surface area (Å²) < 4.78 is 0. The molecule has 0 bridgehead atoms. The zero-order valence-electron chi connectivity index (χ0n) is 12.2. The van der Waals surface area contributed by atoms with Gasteiger partial charge in [-0.2, -0.15) is 0 Å². The normalized spacial score (nSPS) is 11.5. The van der Waals surface area contributed by atoms with Crippen LogP contribution in [0.25, 0.3) is 0 Å². The number of rotatable bonds is 10. The van der Waals surface area contributed by atoms with Crippen LogP contribution in [0, 0.1) is 0 Å². The Morgan fingerprint density at radius 1 is 1.09 bits per heavy atom. The zero-order chi connectivity index (χ0) is 17.8. The highest BCUT2D eigenvalue weighted by molar-refractivity contribution is 5.98. The fourth-order valence-corrected chi connectivity index (χ4v) is 1.35. The molecule has 0 aromatic heterocycles. The highest BCUT2D eigenvalue weighted by atomic mass is 16.4. The van der Waals surface area contributed by atoms with Crippen LogP contribution in [0.15, 0.2) is 17.1 Å². The van der Waals surface area contributed by atoms with Crippen molar-refractivity contribution >= 4 is 29.7 Å². The minimum atomic E-state index is -1.24. The maximum atomic E-state index is 11.5. The zero-order valence-corrected chi connectivity index (χ0v) is 12.2. The van der Waals surface area contributed by atoms with E-state index in [-0.39, 0.29) is 18.9 Å². The number of carboxylic acids is 2. The molecule has 128 valence electrons. The predicted molar refractivity (Wildman–Crippen MR) is 79.3 cm³/mol. The number of aliphatic carboxylic acids is 2. The van der Waals surface area contributed by atoms with E-state index in [1.165, 1.54) is 0 Å². The van der Waals surface area contributed by atoms with Crippen LogP contribution in [0.5, 0.6) is 0 Å². The van der Waals surface area contributed by atoms with E-state index in [0.29, 0.717) is 6.42 Å². The van der Waals surface area contributed by atoms with Crippen molar-refractivity contribution in [1.82, 2.24) is 10.6 Å². The van der Waals surface area contributed by atoms with Crippen molar-refractivity contribution in [3.05, 3.63) is 12.2 Å². The van der Waals surface area contributed by atoms with Crippen molar-refractivity contribution in [2.45, 2.75) is 18.9 Å². The number of nitrogens with two attached hydrogens (primary N) is 2. The monoisotopic (exact) mass is 329 g/mol. The molecule has 0 aromatic rings. The van der Waals surface area contributed by atoms with Gasteiger partial charge in [0.2, 0.25) is 11.8 Å². The average molecular weight is 329 g/mol. The molecule has 0 saturated heterocycles. The third kappa shape index (κ3) is 11.2. The van der Waals surface area contributed by atoms with Gasteiger partial charge >= 0.3 is 11.9 Å². The molecule has 0 aliphatic heterocycles. The van der Waals surface area contributed by atoms with Crippen LogP contribution in [0.3, 0.4) is 0 Å². The van der Waals surface area contributed by atoms with Gasteiger partial charge in [0.05, 0.1) is 0 Å². The highest BCUT2D eigenvalue weighted by Gasteiger charge is 2.18. The van der Waals surface area contributed by atoms with E-state index in [2.05, 4.69) is 10.3 Å². The maximum Gasteiger partial charge on any atom is 0.326 e. The van der Waals surface area contributed by atoms with Crippen LogP contribution in [0.1, 0.15) is 12.8 Å². The van der Waals surface area contributed by atoms with Gasteiger partial charge in [-0.3, -0.25) is 19.4 Å². The third-order valence-corrected chi connectivity index (χ3v) is 2.36. The summed E-state index contributed by atoms with van der Waals surface area (Å²) in [6.07, 6.45) is 2.04. The van der Waals surface area contributed by atoms with E-state index in [4.69, 9.17) is 21.7 Å². The van der Waals surface area contributed by atoms with E-state index >= 15 is 0 Å². The Labute approximate surface area is 131 Å². The molecule has 11 nitrogen and oxygen atoms in total. The lowest BCUT2D eigenvalue weighted by Crippen LogP contribution is -2.40. The molecule has 0 radical (unpaired) electrons. The maximum absolute atomic E-state index is 11.5. The van der Waals surface area contributed by atoms with Gasteiger partial charge in [0, 0.05) is 18.7 Å². The summed E-state index contributed by atoms with van der Waals surface area (Å²) in [4.78, 5) is 47.6. The van der Waals surface area contributed by atoms with Gasteiger partial charge in [0.25, 0.3) is 0 Å². The van der Waals surface area contributed by atoms with Crippen molar-refractivity contribution in [2.75, 3.05) is 13.1 Å². The molecule has 1 unspecified atom stereocenters. The smallest absolute Gasteiger partial charge is 0.326 e. The molecule has 0 heterocycles. The van der Waals surface area contributed by atoms with Gasteiger partial charge < -0.3 is 32.3 Å². The molecular formula is C12H19N5O6. The van der Waals surface area contributed by atoms with Gasteiger partial charge in [-0.15, -0.1) is 0 Å². The van der Waals surface area contributed by atoms with Crippen molar-refractivity contribution in [3.63, 3.8) is 0 Å². The Balaban J connectivity index is 4.34. The fraction of sp³-hybridized carbons (Fsp3) is 0.417. The van der Waals surface area contributed by atoms with E-state index in [1.807, 2.05) is 5.32 Å². The van der Waals surface area contributed by atoms with Gasteiger partial charge in [0.1, 0.15) is 12.6 Å². The summed E-state index contributed by atoms with van der Waals surface area (Å²) in [6.45, 7) is -0.372. The molecule has 0 aliphatic rings. The Hall–Kier alpha value is -3.11. The summed E-state index contributed by atoms with van der Waals surface area (Å²) in [6, 6.07) is -1.16. The molecule has 0 rings (SSSR count). The van der Waals surface area contributed by atoms with E-state index in [0.717, 1.165) is 12.2 Å². The molecule has 23 heavy (non-hydrogen) atoms. The van der Waals surface area contributed by atoms with Crippen molar-refractivity contribution in [2.24, 2.45) is 16.5 Å². The fourth-order valence-electron chi connectivity index (χ4n) is 1.35. The average Bonchev–Trinajstić information content (AvgIpc) is 2.45. The molecule has 1 atom stereocenters. The number of hydrogen-bond acceptors (Lipinski definition) is 5.